The van der Waals surface area contributed by atoms with Crippen molar-refractivity contribution in [2.24, 2.45) is 11.8 Å². The molecule has 2 aromatic carbocycles. The van der Waals surface area contributed by atoms with Crippen molar-refractivity contribution in [2.75, 3.05) is 13.1 Å². The Morgan fingerprint density at radius 2 is 1.82 bits per heavy atom. The van der Waals surface area contributed by atoms with Crippen LogP contribution in [-0.4, -0.2) is 41.0 Å². The summed E-state index contributed by atoms with van der Waals surface area (Å²) >= 11 is 0. The lowest BCUT2D eigenvalue weighted by Gasteiger charge is -2.46. The number of likely N-dealkylation sites (tertiary alicyclic amines) is 1. The van der Waals surface area contributed by atoms with E-state index in [1.54, 1.807) is 13.8 Å². The molecule has 5 rings (SSSR count). The Bertz CT molecular complexity index is 1190. The van der Waals surface area contributed by atoms with Gasteiger partial charge in [0.2, 0.25) is 0 Å². The monoisotopic (exact) mass is 535 g/mol. The molecule has 2 aliphatic heterocycles. The molecule has 1 spiro atoms. The minimum atomic E-state index is -4.86. The number of halogens is 4. The van der Waals surface area contributed by atoms with E-state index < -0.39 is 30.1 Å². The number of carboxylic acid groups (broad SMARTS) is 1. The summed E-state index contributed by atoms with van der Waals surface area (Å²) in [5.41, 5.74) is 1.90. The number of hydrogen-bond donors (Lipinski definition) is 1. The lowest BCUT2D eigenvalue weighted by Crippen LogP contribution is -2.50. The summed E-state index contributed by atoms with van der Waals surface area (Å²) in [6.07, 6.45) is 0.273. The molecule has 2 fully saturated rings. The van der Waals surface area contributed by atoms with Crippen LogP contribution in [0.1, 0.15) is 74.6 Å². The number of aryl methyl sites for hydroxylation is 1. The molecular formula is C29H33F4NO4. The number of hydrogen-bond acceptors (Lipinski definition) is 4. The van der Waals surface area contributed by atoms with Gasteiger partial charge in [0, 0.05) is 24.7 Å². The van der Waals surface area contributed by atoms with Gasteiger partial charge in [-0.1, -0.05) is 19.1 Å². The lowest BCUT2D eigenvalue weighted by molar-refractivity contribution is -0.275. The summed E-state index contributed by atoms with van der Waals surface area (Å²) < 4.78 is 63.5. The third-order valence-corrected chi connectivity index (χ3v) is 8.62. The molecule has 1 saturated heterocycles. The van der Waals surface area contributed by atoms with Gasteiger partial charge in [-0.2, -0.15) is 0 Å². The van der Waals surface area contributed by atoms with Gasteiger partial charge in [0.15, 0.2) is 0 Å². The fourth-order valence-electron chi connectivity index (χ4n) is 6.24. The first-order valence-corrected chi connectivity index (χ1v) is 13.3. The van der Waals surface area contributed by atoms with Crippen LogP contribution in [0.5, 0.6) is 11.5 Å². The van der Waals surface area contributed by atoms with E-state index in [1.807, 2.05) is 17.0 Å². The Labute approximate surface area is 219 Å². The summed E-state index contributed by atoms with van der Waals surface area (Å²) in [5, 5.41) is 9.65. The van der Waals surface area contributed by atoms with Gasteiger partial charge in [0.25, 0.3) is 0 Å². The summed E-state index contributed by atoms with van der Waals surface area (Å²) in [5.74, 6) is -1.11. The highest BCUT2D eigenvalue weighted by molar-refractivity contribution is 5.71. The number of piperidine rings is 1. The average Bonchev–Trinajstić information content (AvgIpc) is 3.69. The van der Waals surface area contributed by atoms with E-state index in [4.69, 9.17) is 4.74 Å². The van der Waals surface area contributed by atoms with Crippen LogP contribution < -0.4 is 9.47 Å². The predicted octanol–water partition coefficient (Wildman–Crippen LogP) is 6.86. The molecule has 5 nitrogen and oxygen atoms in total. The fourth-order valence-corrected chi connectivity index (χ4v) is 6.24. The van der Waals surface area contributed by atoms with Gasteiger partial charge in [-0.25, -0.2) is 4.39 Å². The Balaban J connectivity index is 1.30. The highest BCUT2D eigenvalue weighted by Gasteiger charge is 2.43. The number of alkyl halides is 3. The second kappa shape index (κ2) is 10.1. The average molecular weight is 536 g/mol. The number of nitrogens with zero attached hydrogens (tertiary/aromatic N) is 1. The summed E-state index contributed by atoms with van der Waals surface area (Å²) in [7, 11) is 0. The third-order valence-electron chi connectivity index (χ3n) is 8.62. The molecule has 38 heavy (non-hydrogen) atoms. The van der Waals surface area contributed by atoms with Crippen LogP contribution in [0.15, 0.2) is 36.4 Å². The highest BCUT2D eigenvalue weighted by atomic mass is 19.4. The van der Waals surface area contributed by atoms with E-state index in [0.717, 1.165) is 60.8 Å². The Morgan fingerprint density at radius 1 is 1.11 bits per heavy atom. The van der Waals surface area contributed by atoms with Gasteiger partial charge in [0.1, 0.15) is 22.9 Å². The van der Waals surface area contributed by atoms with Crippen molar-refractivity contribution in [3.8, 4) is 11.5 Å². The van der Waals surface area contributed by atoms with Crippen LogP contribution >= 0.6 is 0 Å². The van der Waals surface area contributed by atoms with Crippen LogP contribution in [-0.2, 0) is 11.2 Å². The Morgan fingerprint density at radius 3 is 2.45 bits per heavy atom. The van der Waals surface area contributed by atoms with E-state index in [-0.39, 0.29) is 22.8 Å². The molecular weight excluding hydrogens is 502 g/mol. The van der Waals surface area contributed by atoms with Crippen LogP contribution in [0.2, 0.25) is 0 Å². The van der Waals surface area contributed by atoms with Crippen molar-refractivity contribution in [1.29, 1.82) is 0 Å². The molecule has 3 aliphatic rings. The number of fused-ring (bicyclic) bond motifs is 1. The van der Waals surface area contributed by atoms with Crippen LogP contribution in [0.25, 0.3) is 0 Å². The van der Waals surface area contributed by atoms with Gasteiger partial charge in [-0.3, -0.25) is 9.69 Å². The molecule has 0 amide bonds. The molecule has 0 unspecified atom stereocenters. The molecule has 206 valence electrons. The molecule has 2 heterocycles. The molecule has 1 N–H and O–H groups in total. The largest absolute Gasteiger partial charge is 0.573 e. The first kappa shape index (κ1) is 26.8. The molecule has 0 bridgehead atoms. The van der Waals surface area contributed by atoms with Gasteiger partial charge in [-0.05, 0) is 92.7 Å². The summed E-state index contributed by atoms with van der Waals surface area (Å²) in [4.78, 5) is 13.8. The Kier molecular flexibility index (Phi) is 7.09. The molecule has 0 aromatic heterocycles. The van der Waals surface area contributed by atoms with E-state index >= 15 is 0 Å². The Hall–Kier alpha value is -2.81. The molecule has 0 radical (unpaired) electrons. The summed E-state index contributed by atoms with van der Waals surface area (Å²) in [6.45, 7) is 4.70. The highest BCUT2D eigenvalue weighted by Crippen LogP contribution is 2.49. The summed E-state index contributed by atoms with van der Waals surface area (Å²) in [6, 6.07) is 8.77. The van der Waals surface area contributed by atoms with Gasteiger partial charge < -0.3 is 14.6 Å². The van der Waals surface area contributed by atoms with Crippen molar-refractivity contribution < 1.29 is 36.9 Å². The fraction of sp³-hybridized carbons (Fsp3) is 0.552. The number of benzene rings is 2. The molecule has 1 aliphatic carbocycles. The number of carbonyl (C=O) groups is 1. The van der Waals surface area contributed by atoms with Crippen molar-refractivity contribution >= 4 is 5.97 Å². The second-order valence-electron chi connectivity index (χ2n) is 11.1. The number of carboxylic acids is 1. The minimum Gasteiger partial charge on any atom is -0.487 e. The zero-order valence-electron chi connectivity index (χ0n) is 21.6. The second-order valence-corrected chi connectivity index (χ2v) is 11.1. The quantitative estimate of drug-likeness (QED) is 0.393. The molecule has 3 atom stereocenters. The zero-order valence-corrected chi connectivity index (χ0v) is 21.6. The van der Waals surface area contributed by atoms with Crippen LogP contribution in [0, 0.1) is 17.7 Å². The maximum Gasteiger partial charge on any atom is 0.573 e. The lowest BCUT2D eigenvalue weighted by atomic mass is 9.80. The first-order chi connectivity index (χ1) is 17.9. The maximum absolute atomic E-state index is 14.0. The zero-order chi connectivity index (χ0) is 27.2. The smallest absolute Gasteiger partial charge is 0.487 e. The van der Waals surface area contributed by atoms with E-state index in [2.05, 4.69) is 10.8 Å². The van der Waals surface area contributed by atoms with E-state index in [0.29, 0.717) is 31.8 Å². The minimum absolute atomic E-state index is 0.0404. The normalized spacial score (nSPS) is 21.7. The van der Waals surface area contributed by atoms with Gasteiger partial charge >= 0.3 is 12.3 Å². The predicted molar refractivity (Wildman–Crippen MR) is 133 cm³/mol. The number of aliphatic carboxylic acids is 1. The number of ether oxygens (including phenoxy) is 2. The standard InChI is InChI=1S/C29H33F4NO4/c1-17(27(35)36)26(20-4-5-20)21-6-3-19-9-10-28(37-25(19)15-21)11-13-34(14-12-28)18(2)23-16-22(30)7-8-24(23)38-29(31,32)33/h3,6-8,15-18,20,26H,4-5,9-14H2,1-2H3,(H,35,36)/t17-,18-,26-/m0/s1. The van der Waals surface area contributed by atoms with Crippen molar-refractivity contribution in [2.45, 2.75) is 76.3 Å². The molecule has 9 heteroatoms. The van der Waals surface area contributed by atoms with Crippen LogP contribution in [0.4, 0.5) is 17.6 Å². The maximum atomic E-state index is 14.0. The van der Waals surface area contributed by atoms with E-state index in [9.17, 15) is 27.5 Å². The van der Waals surface area contributed by atoms with Crippen molar-refractivity contribution in [3.05, 3.63) is 58.9 Å². The SMILES string of the molecule is C[C@H](C(=O)O)[C@H](c1ccc2c(c1)OC1(CC2)CCN([C@@H](C)c2cc(F)ccc2OC(F)(F)F)CC1)C1CC1. The molecule has 1 saturated carbocycles. The molecule has 2 aromatic rings. The first-order valence-electron chi connectivity index (χ1n) is 13.3. The van der Waals surface area contributed by atoms with Crippen molar-refractivity contribution in [1.82, 2.24) is 4.90 Å². The van der Waals surface area contributed by atoms with Crippen molar-refractivity contribution in [3.63, 3.8) is 0 Å². The topological polar surface area (TPSA) is 59.0 Å². The van der Waals surface area contributed by atoms with Crippen LogP contribution in [0.3, 0.4) is 0 Å². The number of rotatable bonds is 7. The van der Waals surface area contributed by atoms with Gasteiger partial charge in [0.05, 0.1) is 5.92 Å². The van der Waals surface area contributed by atoms with E-state index in [1.165, 1.54) is 0 Å². The third kappa shape index (κ3) is 5.63. The van der Waals surface area contributed by atoms with Gasteiger partial charge in [-0.15, -0.1) is 13.2 Å².